The van der Waals surface area contributed by atoms with Crippen molar-refractivity contribution in [3.05, 3.63) is 29.3 Å². The van der Waals surface area contributed by atoms with Crippen molar-refractivity contribution in [3.8, 4) is 17.1 Å². The molecule has 2 N–H and O–H groups in total. The van der Waals surface area contributed by atoms with E-state index < -0.39 is 36.1 Å². The van der Waals surface area contributed by atoms with Gasteiger partial charge in [-0.15, -0.1) is 0 Å². The van der Waals surface area contributed by atoms with E-state index in [1.165, 1.54) is 0 Å². The zero-order chi connectivity index (χ0) is 27.1. The Morgan fingerprint density at radius 3 is 2.73 bits per heavy atom. The van der Waals surface area contributed by atoms with Crippen molar-refractivity contribution in [2.24, 2.45) is 5.92 Å². The zero-order valence-corrected chi connectivity index (χ0v) is 22.0. The van der Waals surface area contributed by atoms with Crippen LogP contribution in [0.3, 0.4) is 0 Å². The second-order valence-corrected chi connectivity index (χ2v) is 11.8. The molecule has 1 aliphatic heterocycles. The Labute approximate surface area is 217 Å². The van der Waals surface area contributed by atoms with Crippen LogP contribution < -0.4 is 10.1 Å². The lowest BCUT2D eigenvalue weighted by Crippen LogP contribution is -2.49. The monoisotopic (exact) mass is 544 g/mol. The summed E-state index contributed by atoms with van der Waals surface area (Å²) in [6.07, 6.45) is -3.37. The summed E-state index contributed by atoms with van der Waals surface area (Å²) in [6, 6.07) is 0.513. The Morgan fingerprint density at radius 1 is 1.38 bits per heavy atom. The van der Waals surface area contributed by atoms with Crippen molar-refractivity contribution < 1.29 is 32.2 Å². The van der Waals surface area contributed by atoms with Crippen LogP contribution in [0.25, 0.3) is 11.3 Å². The third-order valence-electron chi connectivity index (χ3n) is 7.22. The first kappa shape index (κ1) is 27.7. The molecule has 4 atom stereocenters. The highest BCUT2D eigenvalue weighted by Crippen LogP contribution is 2.39. The quantitative estimate of drug-likeness (QED) is 0.477. The Balaban J connectivity index is 1.70. The number of thioether (sulfide) groups is 1. The molecule has 1 fully saturated rings. The summed E-state index contributed by atoms with van der Waals surface area (Å²) in [7, 11) is 0. The minimum Gasteiger partial charge on any atom is -0.437 e. The lowest BCUT2D eigenvalue weighted by atomic mass is 9.84. The number of rotatable bonds is 8. The maximum Gasteiger partial charge on any atom is 0.304 e. The number of aliphatic hydroxyl groups is 1. The van der Waals surface area contributed by atoms with Crippen molar-refractivity contribution >= 4 is 17.7 Å². The van der Waals surface area contributed by atoms with Gasteiger partial charge in [-0.05, 0) is 52.7 Å². The molecule has 0 saturated carbocycles. The third kappa shape index (κ3) is 5.89. The number of halogens is 4. The molecule has 0 radical (unpaired) electrons. The zero-order valence-electron chi connectivity index (χ0n) is 21.2. The fraction of sp³-hybridized carbons (Fsp3) is 0.640. The van der Waals surface area contributed by atoms with E-state index in [1.807, 2.05) is 6.92 Å². The van der Waals surface area contributed by atoms with Crippen molar-refractivity contribution in [3.63, 3.8) is 0 Å². The van der Waals surface area contributed by atoms with Gasteiger partial charge in [-0.25, -0.2) is 18.2 Å². The first-order valence-corrected chi connectivity index (χ1v) is 13.4. The number of hydrogen-bond acceptors (Lipinski definition) is 6. The van der Waals surface area contributed by atoms with Crippen molar-refractivity contribution in [1.82, 2.24) is 20.1 Å². The van der Waals surface area contributed by atoms with E-state index in [9.17, 15) is 27.5 Å². The number of nitrogens with zero attached hydrogens (tertiary/aromatic N) is 3. The highest BCUT2D eigenvalue weighted by atomic mass is 32.2. The second-order valence-electron chi connectivity index (χ2n) is 10.6. The highest BCUT2D eigenvalue weighted by Gasteiger charge is 2.38. The molecule has 2 aliphatic rings. The number of fused-ring (bicyclic) bond motifs is 1. The Bertz CT molecular complexity index is 1150. The van der Waals surface area contributed by atoms with Crippen molar-refractivity contribution in [1.29, 1.82) is 0 Å². The molecule has 12 heteroatoms. The van der Waals surface area contributed by atoms with Gasteiger partial charge < -0.3 is 15.2 Å². The smallest absolute Gasteiger partial charge is 0.304 e. The summed E-state index contributed by atoms with van der Waals surface area (Å²) in [6.45, 7) is 7.06. The number of carbonyl (C=O) groups is 1. The highest BCUT2D eigenvalue weighted by molar-refractivity contribution is 7.99. The summed E-state index contributed by atoms with van der Waals surface area (Å²) in [5, 5.41) is 18.5. The fourth-order valence-corrected chi connectivity index (χ4v) is 6.10. The molecule has 2 aromatic rings. The number of nitrogens with one attached hydrogen (secondary N) is 1. The van der Waals surface area contributed by atoms with Gasteiger partial charge in [0.1, 0.15) is 0 Å². The van der Waals surface area contributed by atoms with Gasteiger partial charge in [0.15, 0.2) is 5.82 Å². The molecule has 0 spiro atoms. The maximum atomic E-state index is 14.9. The average molecular weight is 545 g/mol. The molecule has 4 rings (SSSR count). The largest absolute Gasteiger partial charge is 0.437 e. The first-order valence-electron chi connectivity index (χ1n) is 12.3. The van der Waals surface area contributed by atoms with Gasteiger partial charge in [-0.2, -0.15) is 21.3 Å². The maximum absolute atomic E-state index is 14.9. The summed E-state index contributed by atoms with van der Waals surface area (Å²) >= 11 is 1.80. The number of aromatic nitrogens is 3. The lowest BCUT2D eigenvalue weighted by molar-refractivity contribution is -0.127. The van der Waals surface area contributed by atoms with E-state index >= 15 is 0 Å². The predicted molar refractivity (Wildman–Crippen MR) is 132 cm³/mol. The number of hydrogen-bond donors (Lipinski definition) is 2. The molecule has 204 valence electrons. The molecular formula is C25H32F4N4O3S. The van der Waals surface area contributed by atoms with Crippen LogP contribution >= 0.6 is 11.8 Å². The van der Waals surface area contributed by atoms with Gasteiger partial charge in [0, 0.05) is 46.5 Å². The van der Waals surface area contributed by atoms with Crippen LogP contribution in [0, 0.1) is 11.7 Å². The standard InChI is InChI=1S/C25H32F4N4O3S/c1-13(24(2,3)35)33-18-9-14(23(34)31-25(4)7-8-37-12-25)5-6-15(18)20(32-33)16-10-19(30-11-17(16)26)36-22(29)21(27)28/h10-11,13-14,21-22,35H,5-9,12H2,1-4H3,(H,31,34). The number of pyridine rings is 1. The minimum atomic E-state index is -3.39. The van der Waals surface area contributed by atoms with Gasteiger partial charge >= 0.3 is 6.43 Å². The van der Waals surface area contributed by atoms with Gasteiger partial charge in [0.25, 0.3) is 6.36 Å². The Morgan fingerprint density at radius 2 is 2.11 bits per heavy atom. The normalized spacial score (nSPS) is 23.6. The minimum absolute atomic E-state index is 0.0485. The van der Waals surface area contributed by atoms with Crippen LogP contribution in [0.5, 0.6) is 5.88 Å². The summed E-state index contributed by atoms with van der Waals surface area (Å²) in [5.41, 5.74) is 0.0757. The molecule has 4 unspecified atom stereocenters. The van der Waals surface area contributed by atoms with Crippen LogP contribution in [0.15, 0.2) is 12.3 Å². The van der Waals surface area contributed by atoms with Gasteiger partial charge in [-0.1, -0.05) is 0 Å². The SMILES string of the molecule is CC(n1nc(-c2cc(OC(F)C(F)F)ncc2F)c2c1CC(C(=O)NC1(C)CCSC1)CC2)C(C)(C)O. The van der Waals surface area contributed by atoms with E-state index in [0.29, 0.717) is 30.5 Å². The third-order valence-corrected chi connectivity index (χ3v) is 8.56. The van der Waals surface area contributed by atoms with Crippen LogP contribution in [-0.4, -0.2) is 61.2 Å². The summed E-state index contributed by atoms with van der Waals surface area (Å²) < 4.78 is 59.8. The van der Waals surface area contributed by atoms with Crippen LogP contribution in [0.4, 0.5) is 17.6 Å². The topological polar surface area (TPSA) is 89.3 Å². The average Bonchev–Trinajstić information content (AvgIpc) is 3.42. The first-order chi connectivity index (χ1) is 17.3. The second kappa shape index (κ2) is 10.4. The Kier molecular flexibility index (Phi) is 7.81. The summed E-state index contributed by atoms with van der Waals surface area (Å²) in [5.74, 6) is 0.188. The molecule has 0 bridgehead atoms. The lowest BCUT2D eigenvalue weighted by Gasteiger charge is -2.32. The molecule has 37 heavy (non-hydrogen) atoms. The molecule has 1 aliphatic carbocycles. The molecule has 7 nitrogen and oxygen atoms in total. The van der Waals surface area contributed by atoms with E-state index in [4.69, 9.17) is 0 Å². The van der Waals surface area contributed by atoms with Crippen LogP contribution in [0.2, 0.25) is 0 Å². The van der Waals surface area contributed by atoms with Crippen molar-refractivity contribution in [2.45, 2.75) is 83.3 Å². The molecule has 3 heterocycles. The number of alkyl halides is 3. The van der Waals surface area contributed by atoms with E-state index in [-0.39, 0.29) is 28.6 Å². The predicted octanol–water partition coefficient (Wildman–Crippen LogP) is 4.47. The van der Waals surface area contributed by atoms with Gasteiger partial charge in [0.05, 0.1) is 23.5 Å². The van der Waals surface area contributed by atoms with Crippen LogP contribution in [-0.2, 0) is 17.6 Å². The van der Waals surface area contributed by atoms with Gasteiger partial charge in [-0.3, -0.25) is 9.48 Å². The van der Waals surface area contributed by atoms with E-state index in [2.05, 4.69) is 20.1 Å². The van der Waals surface area contributed by atoms with Gasteiger partial charge in [0.2, 0.25) is 11.8 Å². The van der Waals surface area contributed by atoms with Crippen molar-refractivity contribution in [2.75, 3.05) is 11.5 Å². The molecule has 2 aromatic heterocycles. The number of amides is 1. The van der Waals surface area contributed by atoms with Crippen LogP contribution in [0.1, 0.15) is 57.8 Å². The van der Waals surface area contributed by atoms with E-state index in [1.54, 1.807) is 37.2 Å². The number of ether oxygens (including phenoxy) is 1. The summed E-state index contributed by atoms with van der Waals surface area (Å²) in [4.78, 5) is 16.8. The molecule has 0 aromatic carbocycles. The molecular weight excluding hydrogens is 512 g/mol. The number of carbonyl (C=O) groups excluding carboxylic acids is 1. The molecule has 1 amide bonds. The Hall–Kier alpha value is -2.34. The van der Waals surface area contributed by atoms with E-state index in [0.717, 1.165) is 30.2 Å². The molecule has 1 saturated heterocycles. The fourth-order valence-electron chi connectivity index (χ4n) is 4.69.